The molecule has 0 aromatic carbocycles. The molecule has 2 heterocycles. The van der Waals surface area contributed by atoms with Crippen LogP contribution in [0.15, 0.2) is 17.5 Å². The molecule has 1 aromatic rings. The van der Waals surface area contributed by atoms with Crippen molar-refractivity contribution >= 4 is 29.7 Å². The van der Waals surface area contributed by atoms with E-state index in [0.29, 0.717) is 25.0 Å². The Morgan fingerprint density at radius 2 is 2.35 bits per heavy atom. The van der Waals surface area contributed by atoms with E-state index >= 15 is 0 Å². The van der Waals surface area contributed by atoms with Gasteiger partial charge < -0.3 is 10.6 Å². The Labute approximate surface area is 131 Å². The van der Waals surface area contributed by atoms with Gasteiger partial charge in [-0.2, -0.15) is 0 Å². The van der Waals surface area contributed by atoms with Crippen LogP contribution in [0.1, 0.15) is 18.2 Å². The topological polar surface area (TPSA) is 49.6 Å². The lowest BCUT2D eigenvalue weighted by atomic mass is 10.1. The highest BCUT2D eigenvalue weighted by molar-refractivity contribution is 7.09. The second-order valence-corrected chi connectivity index (χ2v) is 6.48. The Balaban J connectivity index is 0.00000200. The SMILES string of the molecule is CC1CC(CN)CN1CC(=O)N(C)Cc1cccs1.Cl. The molecule has 2 N–H and O–H groups in total. The highest BCUT2D eigenvalue weighted by Crippen LogP contribution is 2.22. The fourth-order valence-corrected chi connectivity index (χ4v) is 3.38. The molecular weight excluding hydrogens is 294 g/mol. The van der Waals surface area contributed by atoms with Crippen molar-refractivity contribution in [2.24, 2.45) is 11.7 Å². The van der Waals surface area contributed by atoms with Gasteiger partial charge in [0.25, 0.3) is 0 Å². The van der Waals surface area contributed by atoms with Gasteiger partial charge in [-0.15, -0.1) is 23.7 Å². The first kappa shape index (κ1) is 17.4. The number of hydrogen-bond acceptors (Lipinski definition) is 4. The maximum atomic E-state index is 12.2. The number of halogens is 1. The van der Waals surface area contributed by atoms with E-state index in [1.165, 1.54) is 4.88 Å². The van der Waals surface area contributed by atoms with Crippen LogP contribution in [0.3, 0.4) is 0 Å². The van der Waals surface area contributed by atoms with Crippen LogP contribution in [0, 0.1) is 5.92 Å². The molecule has 6 heteroatoms. The van der Waals surface area contributed by atoms with Gasteiger partial charge in [-0.25, -0.2) is 0 Å². The summed E-state index contributed by atoms with van der Waals surface area (Å²) in [7, 11) is 1.88. The molecule has 1 aromatic heterocycles. The van der Waals surface area contributed by atoms with Gasteiger partial charge in [-0.05, 0) is 37.3 Å². The Hall–Kier alpha value is -0.620. The van der Waals surface area contributed by atoms with Crippen molar-refractivity contribution in [2.75, 3.05) is 26.7 Å². The van der Waals surface area contributed by atoms with Gasteiger partial charge in [0.2, 0.25) is 5.91 Å². The standard InChI is InChI=1S/C14H23N3OS.ClH/c1-11-6-12(7-15)8-17(11)10-14(18)16(2)9-13-4-3-5-19-13;/h3-5,11-12H,6-10,15H2,1-2H3;1H. The third-order valence-corrected chi connectivity index (χ3v) is 4.72. The molecule has 0 aliphatic carbocycles. The zero-order valence-corrected chi connectivity index (χ0v) is 13.8. The first-order valence-corrected chi connectivity index (χ1v) is 7.68. The van der Waals surface area contributed by atoms with Crippen LogP contribution < -0.4 is 5.73 Å². The summed E-state index contributed by atoms with van der Waals surface area (Å²) in [6, 6.07) is 4.55. The van der Waals surface area contributed by atoms with Crippen LogP contribution in [-0.4, -0.2) is 48.4 Å². The second-order valence-electron chi connectivity index (χ2n) is 5.45. The van der Waals surface area contributed by atoms with Crippen LogP contribution >= 0.6 is 23.7 Å². The minimum atomic E-state index is 0. The number of amides is 1. The summed E-state index contributed by atoms with van der Waals surface area (Å²) in [5.74, 6) is 0.739. The number of carbonyl (C=O) groups is 1. The Kier molecular flexibility index (Phi) is 6.95. The van der Waals surface area contributed by atoms with Crippen molar-refractivity contribution in [1.82, 2.24) is 9.80 Å². The Morgan fingerprint density at radius 1 is 1.60 bits per heavy atom. The molecule has 1 aliphatic heterocycles. The van der Waals surface area contributed by atoms with E-state index in [1.54, 1.807) is 11.3 Å². The average molecular weight is 318 g/mol. The molecule has 2 atom stereocenters. The zero-order chi connectivity index (χ0) is 13.8. The summed E-state index contributed by atoms with van der Waals surface area (Å²) in [6.45, 7) is 5.08. The molecule has 2 rings (SSSR count). The molecule has 4 nitrogen and oxygen atoms in total. The third kappa shape index (κ3) is 4.45. The van der Waals surface area contributed by atoms with Crippen molar-refractivity contribution in [3.05, 3.63) is 22.4 Å². The maximum Gasteiger partial charge on any atom is 0.236 e. The maximum absolute atomic E-state index is 12.2. The fraction of sp³-hybridized carbons (Fsp3) is 0.643. The van der Waals surface area contributed by atoms with E-state index in [2.05, 4.69) is 17.9 Å². The third-order valence-electron chi connectivity index (χ3n) is 3.86. The molecule has 0 radical (unpaired) electrons. The van der Waals surface area contributed by atoms with E-state index in [0.717, 1.165) is 19.5 Å². The molecule has 2 unspecified atom stereocenters. The summed E-state index contributed by atoms with van der Waals surface area (Å²) in [4.78, 5) is 17.5. The minimum Gasteiger partial charge on any atom is -0.340 e. The first-order valence-electron chi connectivity index (χ1n) is 6.80. The largest absolute Gasteiger partial charge is 0.340 e. The number of likely N-dealkylation sites (tertiary alicyclic amines) is 1. The molecule has 0 spiro atoms. The molecular formula is C14H24ClN3OS. The van der Waals surface area contributed by atoms with E-state index in [-0.39, 0.29) is 18.3 Å². The van der Waals surface area contributed by atoms with Gasteiger partial charge in [0.1, 0.15) is 0 Å². The van der Waals surface area contributed by atoms with Crippen molar-refractivity contribution in [3.63, 3.8) is 0 Å². The second kappa shape index (κ2) is 7.98. The molecule has 20 heavy (non-hydrogen) atoms. The van der Waals surface area contributed by atoms with Crippen molar-refractivity contribution in [3.8, 4) is 0 Å². The number of hydrogen-bond donors (Lipinski definition) is 1. The number of likely N-dealkylation sites (N-methyl/N-ethyl adjacent to an activating group) is 1. The van der Waals surface area contributed by atoms with E-state index < -0.39 is 0 Å². The quantitative estimate of drug-likeness (QED) is 0.901. The summed E-state index contributed by atoms with van der Waals surface area (Å²) in [6.07, 6.45) is 1.11. The van der Waals surface area contributed by atoms with Gasteiger partial charge >= 0.3 is 0 Å². The lowest BCUT2D eigenvalue weighted by Crippen LogP contribution is -2.39. The van der Waals surface area contributed by atoms with Crippen LogP contribution in [0.4, 0.5) is 0 Å². The Bertz CT molecular complexity index is 413. The van der Waals surface area contributed by atoms with Crippen molar-refractivity contribution in [2.45, 2.75) is 25.9 Å². The average Bonchev–Trinajstić information content (AvgIpc) is 3.00. The number of rotatable bonds is 5. The Morgan fingerprint density at radius 3 is 2.90 bits per heavy atom. The predicted octanol–water partition coefficient (Wildman–Crippen LogP) is 1.80. The van der Waals surface area contributed by atoms with Crippen LogP contribution in [0.2, 0.25) is 0 Å². The predicted molar refractivity (Wildman–Crippen MR) is 86.2 cm³/mol. The number of nitrogens with zero attached hydrogens (tertiary/aromatic N) is 2. The molecule has 1 fully saturated rings. The highest BCUT2D eigenvalue weighted by Gasteiger charge is 2.29. The van der Waals surface area contributed by atoms with Crippen LogP contribution in [0.5, 0.6) is 0 Å². The molecule has 0 saturated carbocycles. The van der Waals surface area contributed by atoms with Crippen LogP contribution in [0.25, 0.3) is 0 Å². The minimum absolute atomic E-state index is 0. The summed E-state index contributed by atoms with van der Waals surface area (Å²) in [5.41, 5.74) is 5.72. The summed E-state index contributed by atoms with van der Waals surface area (Å²) >= 11 is 1.69. The molecule has 1 saturated heterocycles. The van der Waals surface area contributed by atoms with Gasteiger partial charge in [-0.1, -0.05) is 6.07 Å². The normalized spacial score (nSPS) is 22.6. The van der Waals surface area contributed by atoms with E-state index in [1.807, 2.05) is 23.4 Å². The molecule has 1 aliphatic rings. The van der Waals surface area contributed by atoms with Crippen LogP contribution in [-0.2, 0) is 11.3 Å². The summed E-state index contributed by atoms with van der Waals surface area (Å²) in [5, 5.41) is 2.04. The fourth-order valence-electron chi connectivity index (χ4n) is 2.63. The van der Waals surface area contributed by atoms with Gasteiger partial charge in [-0.3, -0.25) is 9.69 Å². The molecule has 114 valence electrons. The van der Waals surface area contributed by atoms with Gasteiger partial charge in [0, 0.05) is 24.5 Å². The number of carbonyl (C=O) groups excluding carboxylic acids is 1. The van der Waals surface area contributed by atoms with Gasteiger partial charge in [0.05, 0.1) is 13.1 Å². The zero-order valence-electron chi connectivity index (χ0n) is 12.1. The van der Waals surface area contributed by atoms with Crippen molar-refractivity contribution < 1.29 is 4.79 Å². The van der Waals surface area contributed by atoms with E-state index in [4.69, 9.17) is 5.73 Å². The number of nitrogens with two attached hydrogens (primary N) is 1. The first-order chi connectivity index (χ1) is 9.10. The summed E-state index contributed by atoms with van der Waals surface area (Å²) < 4.78 is 0. The molecule has 0 bridgehead atoms. The highest BCUT2D eigenvalue weighted by atomic mass is 35.5. The smallest absolute Gasteiger partial charge is 0.236 e. The van der Waals surface area contributed by atoms with Crippen molar-refractivity contribution in [1.29, 1.82) is 0 Å². The molecule has 1 amide bonds. The van der Waals surface area contributed by atoms with Gasteiger partial charge in [0.15, 0.2) is 0 Å². The monoisotopic (exact) mass is 317 g/mol. The lowest BCUT2D eigenvalue weighted by Gasteiger charge is -2.24. The number of thiophene rings is 1. The van der Waals surface area contributed by atoms with E-state index in [9.17, 15) is 4.79 Å². The lowest BCUT2D eigenvalue weighted by molar-refractivity contribution is -0.131.